The summed E-state index contributed by atoms with van der Waals surface area (Å²) in [6.07, 6.45) is 0.126. The monoisotopic (exact) mass is 284 g/mol. The van der Waals surface area contributed by atoms with E-state index in [0.29, 0.717) is 6.61 Å². The Kier molecular flexibility index (Phi) is 6.13. The van der Waals surface area contributed by atoms with Gasteiger partial charge in [0.05, 0.1) is 12.7 Å². The molecule has 0 heterocycles. The zero-order valence-corrected chi connectivity index (χ0v) is 11.9. The van der Waals surface area contributed by atoms with Crippen molar-refractivity contribution in [2.45, 2.75) is 18.9 Å². The van der Waals surface area contributed by atoms with Crippen molar-refractivity contribution in [2.24, 2.45) is 0 Å². The Hall–Kier alpha value is -1.97. The molecule has 1 atom stereocenters. The number of carbonyl (C=O) groups is 1. The van der Waals surface area contributed by atoms with Gasteiger partial charge in [0.15, 0.2) is 5.78 Å². The molecule has 0 aliphatic heterocycles. The number of benzene rings is 2. The van der Waals surface area contributed by atoms with E-state index in [4.69, 9.17) is 4.74 Å². The maximum Gasteiger partial charge on any atom is 0.161 e. The van der Waals surface area contributed by atoms with Crippen LogP contribution >= 0.6 is 0 Å². The Bertz CT molecular complexity index is 537. The van der Waals surface area contributed by atoms with E-state index in [2.05, 4.69) is 0 Å². The molecule has 3 nitrogen and oxygen atoms in total. The summed E-state index contributed by atoms with van der Waals surface area (Å²) in [6, 6.07) is 19.2. The van der Waals surface area contributed by atoms with Crippen LogP contribution < -0.4 is 0 Å². The topological polar surface area (TPSA) is 46.5 Å². The second-order valence-electron chi connectivity index (χ2n) is 4.96. The lowest BCUT2D eigenvalue weighted by atomic mass is 10.0. The number of aliphatic hydroxyl groups excluding tert-OH is 1. The molecule has 3 heteroatoms. The van der Waals surface area contributed by atoms with Gasteiger partial charge in [0.25, 0.3) is 0 Å². The number of ether oxygens (including phenoxy) is 1. The van der Waals surface area contributed by atoms with Crippen LogP contribution in [-0.2, 0) is 16.0 Å². The minimum atomic E-state index is -0.753. The summed E-state index contributed by atoms with van der Waals surface area (Å²) in [5.74, 6) is -0.0839. The van der Waals surface area contributed by atoms with Crippen LogP contribution in [0.1, 0.15) is 23.7 Å². The highest BCUT2D eigenvalue weighted by molar-refractivity contribution is 5.80. The molecule has 2 rings (SSSR count). The van der Waals surface area contributed by atoms with Crippen LogP contribution in [0.5, 0.6) is 0 Å². The molecule has 0 saturated carbocycles. The Balaban J connectivity index is 1.66. The molecule has 21 heavy (non-hydrogen) atoms. The summed E-state index contributed by atoms with van der Waals surface area (Å²) >= 11 is 0. The lowest BCUT2D eigenvalue weighted by molar-refractivity contribution is -0.125. The Labute approximate surface area is 125 Å². The van der Waals surface area contributed by atoms with Crippen molar-refractivity contribution in [3.8, 4) is 0 Å². The van der Waals surface area contributed by atoms with Crippen LogP contribution in [0.25, 0.3) is 0 Å². The number of Topliss-reactive ketones (excluding diaryl/α,β-unsaturated/α-hetero) is 1. The fourth-order valence-corrected chi connectivity index (χ4v) is 2.09. The molecule has 0 bridgehead atoms. The summed E-state index contributed by atoms with van der Waals surface area (Å²) in [5, 5.41) is 9.95. The molecular weight excluding hydrogens is 264 g/mol. The first kappa shape index (κ1) is 15.4. The number of ketones is 1. The van der Waals surface area contributed by atoms with E-state index in [1.54, 1.807) is 0 Å². The number of hydrogen-bond donors (Lipinski definition) is 1. The summed E-state index contributed by atoms with van der Waals surface area (Å²) < 4.78 is 5.38. The third kappa shape index (κ3) is 5.50. The van der Waals surface area contributed by atoms with E-state index in [1.807, 2.05) is 60.7 Å². The molecule has 110 valence electrons. The van der Waals surface area contributed by atoms with Gasteiger partial charge in [-0.2, -0.15) is 0 Å². The van der Waals surface area contributed by atoms with Gasteiger partial charge < -0.3 is 9.84 Å². The third-order valence-electron chi connectivity index (χ3n) is 3.25. The van der Waals surface area contributed by atoms with Gasteiger partial charge >= 0.3 is 0 Å². The number of hydrogen-bond acceptors (Lipinski definition) is 3. The van der Waals surface area contributed by atoms with Crippen LogP contribution in [0, 0.1) is 0 Å². The largest absolute Gasteiger partial charge is 0.388 e. The lowest BCUT2D eigenvalue weighted by Crippen LogP contribution is -2.14. The smallest absolute Gasteiger partial charge is 0.161 e. The molecule has 0 spiro atoms. The van der Waals surface area contributed by atoms with E-state index in [0.717, 1.165) is 12.0 Å². The van der Waals surface area contributed by atoms with E-state index >= 15 is 0 Å². The minimum Gasteiger partial charge on any atom is -0.388 e. The van der Waals surface area contributed by atoms with Gasteiger partial charge in [-0.05, 0) is 17.5 Å². The molecule has 0 fully saturated rings. The van der Waals surface area contributed by atoms with E-state index in [1.165, 1.54) is 5.56 Å². The molecule has 0 aromatic heterocycles. The van der Waals surface area contributed by atoms with E-state index in [-0.39, 0.29) is 18.8 Å². The zero-order chi connectivity index (χ0) is 14.9. The third-order valence-corrected chi connectivity index (χ3v) is 3.25. The fourth-order valence-electron chi connectivity index (χ4n) is 2.09. The molecule has 1 unspecified atom stereocenters. The highest BCUT2D eigenvalue weighted by Crippen LogP contribution is 2.16. The first-order valence-electron chi connectivity index (χ1n) is 7.12. The zero-order valence-electron chi connectivity index (χ0n) is 11.9. The van der Waals surface area contributed by atoms with Gasteiger partial charge in [-0.25, -0.2) is 0 Å². The summed E-state index contributed by atoms with van der Waals surface area (Å²) in [5.41, 5.74) is 1.95. The van der Waals surface area contributed by atoms with Crippen LogP contribution in [-0.4, -0.2) is 24.1 Å². The molecule has 2 aromatic carbocycles. The van der Waals surface area contributed by atoms with Crippen molar-refractivity contribution in [3.05, 3.63) is 71.8 Å². The van der Waals surface area contributed by atoms with Gasteiger partial charge in [-0.15, -0.1) is 0 Å². The average molecular weight is 284 g/mol. The molecule has 2 aromatic rings. The minimum absolute atomic E-state index is 0.0523. The van der Waals surface area contributed by atoms with E-state index < -0.39 is 6.10 Å². The summed E-state index contributed by atoms with van der Waals surface area (Å²) in [6.45, 7) is 0.563. The molecule has 0 radical (unpaired) electrons. The lowest BCUT2D eigenvalue weighted by Gasteiger charge is -2.10. The van der Waals surface area contributed by atoms with Gasteiger partial charge in [-0.1, -0.05) is 60.7 Å². The number of rotatable bonds is 8. The highest BCUT2D eigenvalue weighted by Gasteiger charge is 2.12. The van der Waals surface area contributed by atoms with Crippen molar-refractivity contribution >= 4 is 5.78 Å². The Morgan fingerprint density at radius 1 is 1.00 bits per heavy atom. The van der Waals surface area contributed by atoms with Gasteiger partial charge in [-0.3, -0.25) is 4.79 Å². The second kappa shape index (κ2) is 8.35. The molecular formula is C18H20O3. The molecule has 0 amide bonds. The van der Waals surface area contributed by atoms with Gasteiger partial charge in [0, 0.05) is 6.42 Å². The number of aliphatic hydroxyl groups is 1. The van der Waals surface area contributed by atoms with Crippen LogP contribution in [0.3, 0.4) is 0 Å². The second-order valence-corrected chi connectivity index (χ2v) is 4.96. The van der Waals surface area contributed by atoms with Crippen LogP contribution in [0.2, 0.25) is 0 Å². The average Bonchev–Trinajstić information content (AvgIpc) is 2.53. The maximum atomic E-state index is 11.8. The standard InChI is InChI=1S/C18H20O3/c19-17(13-18(20)16-9-5-2-6-10-16)14-21-12-11-15-7-3-1-4-8-15/h1-10,18,20H,11-14H2. The summed E-state index contributed by atoms with van der Waals surface area (Å²) in [7, 11) is 0. The van der Waals surface area contributed by atoms with Crippen molar-refractivity contribution < 1.29 is 14.6 Å². The van der Waals surface area contributed by atoms with E-state index in [9.17, 15) is 9.90 Å². The Morgan fingerprint density at radius 3 is 2.29 bits per heavy atom. The first-order valence-corrected chi connectivity index (χ1v) is 7.12. The van der Waals surface area contributed by atoms with Gasteiger partial charge in [0.1, 0.15) is 6.61 Å². The maximum absolute atomic E-state index is 11.8. The predicted octanol–water partition coefficient (Wildman–Crippen LogP) is 2.94. The highest BCUT2D eigenvalue weighted by atomic mass is 16.5. The molecule has 0 aliphatic carbocycles. The van der Waals surface area contributed by atoms with Crippen molar-refractivity contribution in [3.63, 3.8) is 0 Å². The number of carbonyl (C=O) groups excluding carboxylic acids is 1. The van der Waals surface area contributed by atoms with Gasteiger partial charge in [0.2, 0.25) is 0 Å². The first-order chi connectivity index (χ1) is 10.3. The molecule has 1 N–H and O–H groups in total. The normalized spacial score (nSPS) is 12.0. The molecule has 0 aliphatic rings. The van der Waals surface area contributed by atoms with Crippen molar-refractivity contribution in [2.75, 3.05) is 13.2 Å². The SMILES string of the molecule is O=C(COCCc1ccccc1)CC(O)c1ccccc1. The van der Waals surface area contributed by atoms with Crippen molar-refractivity contribution in [1.82, 2.24) is 0 Å². The molecule has 0 saturated heterocycles. The van der Waals surface area contributed by atoms with Crippen LogP contribution in [0.4, 0.5) is 0 Å². The fraction of sp³-hybridized carbons (Fsp3) is 0.278. The van der Waals surface area contributed by atoms with Crippen LogP contribution in [0.15, 0.2) is 60.7 Å². The predicted molar refractivity (Wildman–Crippen MR) is 82.0 cm³/mol. The summed E-state index contributed by atoms with van der Waals surface area (Å²) in [4.78, 5) is 11.8. The quantitative estimate of drug-likeness (QED) is 0.758. The Morgan fingerprint density at radius 2 is 1.62 bits per heavy atom. The van der Waals surface area contributed by atoms with Crippen molar-refractivity contribution in [1.29, 1.82) is 0 Å².